The summed E-state index contributed by atoms with van der Waals surface area (Å²) in [7, 11) is 0. The van der Waals surface area contributed by atoms with E-state index in [2.05, 4.69) is 35.2 Å². The van der Waals surface area contributed by atoms with Crippen LogP contribution < -0.4 is 15.4 Å². The Bertz CT molecular complexity index is 1270. The minimum Gasteiger partial charge on any atom is -0.489 e. The van der Waals surface area contributed by atoms with Gasteiger partial charge in [-0.15, -0.1) is 0 Å². The SMILES string of the molecule is N[C@@H](CO)c1cccc(-c2cc(COc3ccccc3CC(=O)O)cc(N3CCC4(CCCCC4)CC3)c2)c1. The fourth-order valence-corrected chi connectivity index (χ4v) is 6.32. The first-order valence-electron chi connectivity index (χ1n) is 14.2. The van der Waals surface area contributed by atoms with Crippen molar-refractivity contribution in [2.24, 2.45) is 11.1 Å². The molecular weight excluding hydrogens is 488 g/mol. The molecule has 1 heterocycles. The van der Waals surface area contributed by atoms with E-state index in [0.29, 0.717) is 23.3 Å². The number of hydrogen-bond acceptors (Lipinski definition) is 5. The second-order valence-corrected chi connectivity index (χ2v) is 11.3. The highest BCUT2D eigenvalue weighted by atomic mass is 16.5. The molecule has 0 bridgehead atoms. The van der Waals surface area contributed by atoms with Crippen molar-refractivity contribution in [3.63, 3.8) is 0 Å². The summed E-state index contributed by atoms with van der Waals surface area (Å²) in [6, 6.07) is 21.6. The molecular formula is C33H40N2O4. The lowest BCUT2D eigenvalue weighted by molar-refractivity contribution is -0.136. The number of benzene rings is 3. The summed E-state index contributed by atoms with van der Waals surface area (Å²) < 4.78 is 6.19. The third-order valence-electron chi connectivity index (χ3n) is 8.63. The molecule has 0 unspecified atom stereocenters. The van der Waals surface area contributed by atoms with Crippen LogP contribution in [-0.4, -0.2) is 35.9 Å². The second kappa shape index (κ2) is 12.2. The zero-order valence-corrected chi connectivity index (χ0v) is 22.6. The van der Waals surface area contributed by atoms with Crippen molar-refractivity contribution in [3.8, 4) is 16.9 Å². The predicted molar refractivity (Wildman–Crippen MR) is 155 cm³/mol. The molecule has 4 N–H and O–H groups in total. The van der Waals surface area contributed by atoms with Crippen molar-refractivity contribution >= 4 is 11.7 Å². The number of carboxylic acids is 1. The zero-order chi connectivity index (χ0) is 27.2. The maximum atomic E-state index is 11.3. The van der Waals surface area contributed by atoms with E-state index in [1.165, 1.54) is 50.6 Å². The van der Waals surface area contributed by atoms with Gasteiger partial charge in [0.2, 0.25) is 0 Å². The van der Waals surface area contributed by atoms with Crippen LogP contribution in [0.4, 0.5) is 5.69 Å². The van der Waals surface area contributed by atoms with Crippen LogP contribution in [0.1, 0.15) is 67.7 Å². The average molecular weight is 529 g/mol. The van der Waals surface area contributed by atoms with Crippen molar-refractivity contribution in [3.05, 3.63) is 83.4 Å². The molecule has 2 fully saturated rings. The lowest BCUT2D eigenvalue weighted by atomic mass is 9.68. The molecule has 3 aromatic rings. The van der Waals surface area contributed by atoms with E-state index in [9.17, 15) is 15.0 Å². The molecule has 5 rings (SSSR count). The summed E-state index contributed by atoms with van der Waals surface area (Å²) >= 11 is 0. The molecule has 39 heavy (non-hydrogen) atoms. The number of carbonyl (C=O) groups is 1. The molecule has 0 radical (unpaired) electrons. The normalized spacial score (nSPS) is 17.6. The fourth-order valence-electron chi connectivity index (χ4n) is 6.32. The summed E-state index contributed by atoms with van der Waals surface area (Å²) in [5.41, 5.74) is 12.6. The van der Waals surface area contributed by atoms with Gasteiger partial charge >= 0.3 is 5.97 Å². The highest BCUT2D eigenvalue weighted by molar-refractivity contribution is 5.72. The van der Waals surface area contributed by atoms with Gasteiger partial charge in [0.1, 0.15) is 12.4 Å². The Morgan fingerprint density at radius 3 is 2.44 bits per heavy atom. The van der Waals surface area contributed by atoms with Gasteiger partial charge in [-0.3, -0.25) is 4.79 Å². The second-order valence-electron chi connectivity index (χ2n) is 11.3. The number of rotatable bonds is 9. The van der Waals surface area contributed by atoms with Gasteiger partial charge in [-0.1, -0.05) is 55.7 Å². The number of aliphatic hydroxyl groups is 1. The van der Waals surface area contributed by atoms with Crippen LogP contribution in [0.3, 0.4) is 0 Å². The Hall–Kier alpha value is -3.35. The number of aliphatic carboxylic acids is 1. The summed E-state index contributed by atoms with van der Waals surface area (Å²) in [4.78, 5) is 13.8. The lowest BCUT2D eigenvalue weighted by Gasteiger charge is -2.45. The summed E-state index contributed by atoms with van der Waals surface area (Å²) in [5, 5.41) is 18.9. The Morgan fingerprint density at radius 2 is 1.69 bits per heavy atom. The minimum absolute atomic E-state index is 0.0745. The van der Waals surface area contributed by atoms with Gasteiger partial charge in [-0.2, -0.15) is 0 Å². The first-order valence-corrected chi connectivity index (χ1v) is 14.2. The molecule has 2 aliphatic rings. The van der Waals surface area contributed by atoms with Crippen molar-refractivity contribution in [2.45, 2.75) is 64.0 Å². The number of para-hydroxylation sites is 1. The highest BCUT2D eigenvalue weighted by Crippen LogP contribution is 2.45. The number of anilines is 1. The molecule has 1 atom stereocenters. The average Bonchev–Trinajstić information content (AvgIpc) is 2.97. The Kier molecular flexibility index (Phi) is 8.53. The molecule has 6 nitrogen and oxygen atoms in total. The van der Waals surface area contributed by atoms with E-state index < -0.39 is 12.0 Å². The third-order valence-corrected chi connectivity index (χ3v) is 8.63. The van der Waals surface area contributed by atoms with Crippen LogP contribution in [-0.2, 0) is 17.8 Å². The Labute approximate surface area is 231 Å². The van der Waals surface area contributed by atoms with Crippen LogP contribution in [0, 0.1) is 5.41 Å². The molecule has 1 aliphatic carbocycles. The van der Waals surface area contributed by atoms with E-state index in [1.54, 1.807) is 6.07 Å². The van der Waals surface area contributed by atoms with E-state index >= 15 is 0 Å². The lowest BCUT2D eigenvalue weighted by Crippen LogP contribution is -2.41. The number of piperidine rings is 1. The molecule has 3 aromatic carbocycles. The number of aliphatic hydroxyl groups excluding tert-OH is 1. The minimum atomic E-state index is -0.878. The predicted octanol–water partition coefficient (Wildman–Crippen LogP) is 6.10. The Balaban J connectivity index is 1.43. The van der Waals surface area contributed by atoms with Crippen molar-refractivity contribution in [1.29, 1.82) is 0 Å². The molecule has 1 saturated carbocycles. The van der Waals surface area contributed by atoms with Crippen LogP contribution in [0.25, 0.3) is 11.1 Å². The van der Waals surface area contributed by atoms with Gasteiger partial charge < -0.3 is 25.6 Å². The molecule has 0 amide bonds. The van der Waals surface area contributed by atoms with E-state index in [1.807, 2.05) is 30.3 Å². The maximum absolute atomic E-state index is 11.3. The van der Waals surface area contributed by atoms with Gasteiger partial charge in [0.15, 0.2) is 0 Å². The summed E-state index contributed by atoms with van der Waals surface area (Å²) in [6.45, 7) is 2.35. The largest absolute Gasteiger partial charge is 0.489 e. The molecule has 1 aliphatic heterocycles. The summed E-state index contributed by atoms with van der Waals surface area (Å²) in [6.07, 6.45) is 9.26. The van der Waals surface area contributed by atoms with Crippen molar-refractivity contribution < 1.29 is 19.7 Å². The van der Waals surface area contributed by atoms with Gasteiger partial charge in [-0.25, -0.2) is 0 Å². The van der Waals surface area contributed by atoms with E-state index in [0.717, 1.165) is 35.3 Å². The number of ether oxygens (including phenoxy) is 1. The van der Waals surface area contributed by atoms with Crippen LogP contribution in [0.15, 0.2) is 66.7 Å². The smallest absolute Gasteiger partial charge is 0.307 e. The first kappa shape index (κ1) is 27.2. The van der Waals surface area contributed by atoms with Gasteiger partial charge in [0.05, 0.1) is 19.1 Å². The zero-order valence-electron chi connectivity index (χ0n) is 22.6. The van der Waals surface area contributed by atoms with Crippen molar-refractivity contribution in [2.75, 3.05) is 24.6 Å². The quantitative estimate of drug-likeness (QED) is 0.310. The topological polar surface area (TPSA) is 96.0 Å². The number of carboxylic acid groups (broad SMARTS) is 1. The van der Waals surface area contributed by atoms with Gasteiger partial charge in [0.25, 0.3) is 0 Å². The number of nitrogens with zero attached hydrogens (tertiary/aromatic N) is 1. The fraction of sp³-hybridized carbons (Fsp3) is 0.424. The van der Waals surface area contributed by atoms with Crippen molar-refractivity contribution in [1.82, 2.24) is 0 Å². The first-order chi connectivity index (χ1) is 18.9. The molecule has 206 valence electrons. The third kappa shape index (κ3) is 6.63. The Morgan fingerprint density at radius 1 is 0.923 bits per heavy atom. The van der Waals surface area contributed by atoms with Gasteiger partial charge in [-0.05, 0) is 83.7 Å². The van der Waals surface area contributed by atoms with Crippen LogP contribution in [0.2, 0.25) is 0 Å². The van der Waals surface area contributed by atoms with Crippen LogP contribution >= 0.6 is 0 Å². The molecule has 1 saturated heterocycles. The molecule has 6 heteroatoms. The van der Waals surface area contributed by atoms with Gasteiger partial charge in [0, 0.05) is 24.3 Å². The summed E-state index contributed by atoms with van der Waals surface area (Å²) in [5.74, 6) is -0.280. The van der Waals surface area contributed by atoms with E-state index in [4.69, 9.17) is 10.5 Å². The monoisotopic (exact) mass is 528 g/mol. The number of nitrogens with two attached hydrogens (primary N) is 1. The molecule has 1 spiro atoms. The maximum Gasteiger partial charge on any atom is 0.307 e. The highest BCUT2D eigenvalue weighted by Gasteiger charge is 2.35. The molecule has 0 aromatic heterocycles. The van der Waals surface area contributed by atoms with Crippen LogP contribution in [0.5, 0.6) is 5.75 Å². The van der Waals surface area contributed by atoms with E-state index in [-0.39, 0.29) is 13.0 Å². The number of hydrogen-bond donors (Lipinski definition) is 3. The standard InChI is InChI=1S/C33H40N2O4/c34-30(22-36)26-9-6-8-25(19-26)28-17-24(23-39-31-10-3-2-7-27(31)21-32(37)38)18-29(20-28)35-15-13-33(14-16-35)11-4-1-5-12-33/h2-3,6-10,17-20,30,36H,1,4-5,11-16,21-23,34H2,(H,37,38)/t30-/m0/s1.